The quantitative estimate of drug-likeness (QED) is 0.546. The summed E-state index contributed by atoms with van der Waals surface area (Å²) in [5, 5.41) is 11.6. The molecular formula is C19H21N3O4. The maximum Gasteiger partial charge on any atom is 0.247 e. The van der Waals surface area contributed by atoms with E-state index in [1.54, 1.807) is 42.1 Å². The fraction of sp³-hybridized carbons (Fsp3) is 0.316. The molecule has 3 N–H and O–H groups in total. The monoisotopic (exact) mass is 355 g/mol. The van der Waals surface area contributed by atoms with E-state index < -0.39 is 17.7 Å². The fourth-order valence-electron chi connectivity index (χ4n) is 3.19. The van der Waals surface area contributed by atoms with Crippen LogP contribution in [0.4, 0.5) is 5.69 Å². The van der Waals surface area contributed by atoms with E-state index in [9.17, 15) is 9.59 Å². The van der Waals surface area contributed by atoms with Crippen LogP contribution in [-0.2, 0) is 16.2 Å². The normalized spacial score (nSPS) is 19.0. The van der Waals surface area contributed by atoms with Crippen LogP contribution in [0.2, 0.25) is 0 Å². The van der Waals surface area contributed by atoms with Gasteiger partial charge in [0.05, 0.1) is 5.92 Å². The highest BCUT2D eigenvalue weighted by Crippen LogP contribution is 2.33. The Morgan fingerprint density at radius 3 is 2.35 bits per heavy atom. The molecule has 7 heteroatoms. The lowest BCUT2D eigenvalue weighted by Crippen LogP contribution is -2.35. The molecule has 2 amide bonds. The minimum Gasteiger partial charge on any atom is -0.489 e. The number of aromatic nitrogens is 1. The summed E-state index contributed by atoms with van der Waals surface area (Å²) in [6, 6.07) is 10.8. The molecule has 0 bridgehead atoms. The Morgan fingerprint density at radius 2 is 1.69 bits per heavy atom. The van der Waals surface area contributed by atoms with Crippen molar-refractivity contribution in [3.05, 3.63) is 54.4 Å². The van der Waals surface area contributed by atoms with Gasteiger partial charge in [-0.25, -0.2) is 5.48 Å². The van der Waals surface area contributed by atoms with E-state index in [2.05, 4.69) is 10.3 Å². The number of carbonyl (C=O) groups excluding carboxylic acids is 2. The molecular weight excluding hydrogens is 334 g/mol. The van der Waals surface area contributed by atoms with Crippen molar-refractivity contribution in [2.24, 2.45) is 11.8 Å². The van der Waals surface area contributed by atoms with Crippen LogP contribution >= 0.6 is 0 Å². The SMILES string of the molecule is O=C(NO)[C@H]1CCC[C@@H]1C(=O)Nc1ccc(OCc2ccncc2)cc1. The largest absolute Gasteiger partial charge is 0.489 e. The van der Waals surface area contributed by atoms with Gasteiger partial charge in [0.1, 0.15) is 12.4 Å². The lowest BCUT2D eigenvalue weighted by Gasteiger charge is -2.17. The second kappa shape index (κ2) is 8.44. The number of hydrogen-bond donors (Lipinski definition) is 3. The maximum atomic E-state index is 12.4. The predicted molar refractivity (Wildman–Crippen MR) is 94.4 cm³/mol. The van der Waals surface area contributed by atoms with Crippen molar-refractivity contribution >= 4 is 17.5 Å². The number of benzene rings is 1. The molecule has 2 aromatic rings. The molecule has 0 unspecified atom stereocenters. The zero-order chi connectivity index (χ0) is 18.4. The van der Waals surface area contributed by atoms with Crippen LogP contribution in [0, 0.1) is 11.8 Å². The van der Waals surface area contributed by atoms with Crippen LogP contribution in [0.3, 0.4) is 0 Å². The molecule has 1 heterocycles. The van der Waals surface area contributed by atoms with E-state index >= 15 is 0 Å². The van der Waals surface area contributed by atoms with Gasteiger partial charge in [-0.15, -0.1) is 0 Å². The van der Waals surface area contributed by atoms with Gasteiger partial charge in [0.15, 0.2) is 0 Å². The van der Waals surface area contributed by atoms with Crippen molar-refractivity contribution in [3.8, 4) is 5.75 Å². The number of nitrogens with one attached hydrogen (secondary N) is 2. The van der Waals surface area contributed by atoms with Crippen molar-refractivity contribution < 1.29 is 19.5 Å². The molecule has 1 aromatic heterocycles. The average molecular weight is 355 g/mol. The zero-order valence-corrected chi connectivity index (χ0v) is 14.2. The third-order valence-electron chi connectivity index (χ3n) is 4.58. The summed E-state index contributed by atoms with van der Waals surface area (Å²) in [4.78, 5) is 28.0. The average Bonchev–Trinajstić information content (AvgIpc) is 3.18. The van der Waals surface area contributed by atoms with Crippen molar-refractivity contribution in [2.45, 2.75) is 25.9 Å². The van der Waals surface area contributed by atoms with Crippen LogP contribution in [-0.4, -0.2) is 22.0 Å². The van der Waals surface area contributed by atoms with Gasteiger partial charge in [0.2, 0.25) is 11.8 Å². The number of rotatable bonds is 6. The van der Waals surface area contributed by atoms with Crippen molar-refractivity contribution in [2.75, 3.05) is 5.32 Å². The van der Waals surface area contributed by atoms with Gasteiger partial charge in [-0.05, 0) is 54.8 Å². The van der Waals surface area contributed by atoms with Crippen LogP contribution in [0.1, 0.15) is 24.8 Å². The van der Waals surface area contributed by atoms with Gasteiger partial charge in [0.25, 0.3) is 0 Å². The molecule has 0 aliphatic heterocycles. The van der Waals surface area contributed by atoms with Crippen LogP contribution in [0.25, 0.3) is 0 Å². The molecule has 0 radical (unpaired) electrons. The number of nitrogens with zero attached hydrogens (tertiary/aromatic N) is 1. The van der Waals surface area contributed by atoms with Crippen molar-refractivity contribution in [3.63, 3.8) is 0 Å². The van der Waals surface area contributed by atoms with Crippen LogP contribution < -0.4 is 15.5 Å². The number of pyridine rings is 1. The minimum atomic E-state index is -0.498. The lowest BCUT2D eigenvalue weighted by atomic mass is 9.94. The molecule has 3 rings (SSSR count). The smallest absolute Gasteiger partial charge is 0.247 e. The first-order valence-corrected chi connectivity index (χ1v) is 8.54. The van der Waals surface area contributed by atoms with Crippen LogP contribution in [0.5, 0.6) is 5.75 Å². The minimum absolute atomic E-state index is 0.207. The Kier molecular flexibility index (Phi) is 5.80. The number of hydroxylamine groups is 1. The highest BCUT2D eigenvalue weighted by Gasteiger charge is 2.37. The molecule has 26 heavy (non-hydrogen) atoms. The van der Waals surface area contributed by atoms with Crippen molar-refractivity contribution in [1.29, 1.82) is 0 Å². The van der Waals surface area contributed by atoms with E-state index in [4.69, 9.17) is 9.94 Å². The molecule has 1 aliphatic rings. The standard InChI is InChI=1S/C19H21N3O4/c23-18(16-2-1-3-17(16)19(24)22-25)21-14-4-6-15(7-5-14)26-12-13-8-10-20-11-9-13/h4-11,16-17,25H,1-3,12H2,(H,21,23)(H,22,24)/t16-,17-/m0/s1. The molecule has 0 spiro atoms. The Hall–Kier alpha value is -2.93. The number of amides is 2. The first-order valence-electron chi connectivity index (χ1n) is 8.54. The van der Waals surface area contributed by atoms with Gasteiger partial charge in [0, 0.05) is 24.0 Å². The molecule has 2 atom stereocenters. The highest BCUT2D eigenvalue weighted by atomic mass is 16.5. The molecule has 1 aliphatic carbocycles. The second-order valence-electron chi connectivity index (χ2n) is 6.28. The Morgan fingerprint density at radius 1 is 1.04 bits per heavy atom. The highest BCUT2D eigenvalue weighted by molar-refractivity contribution is 5.96. The topological polar surface area (TPSA) is 101 Å². The van der Waals surface area contributed by atoms with Gasteiger partial charge in [-0.1, -0.05) is 6.42 Å². The summed E-state index contributed by atoms with van der Waals surface area (Å²) in [5.74, 6) is -0.921. The number of carbonyl (C=O) groups is 2. The summed E-state index contributed by atoms with van der Waals surface area (Å²) in [6.07, 6.45) is 5.45. The zero-order valence-electron chi connectivity index (χ0n) is 14.2. The van der Waals surface area contributed by atoms with Gasteiger partial charge in [-0.3, -0.25) is 19.8 Å². The van der Waals surface area contributed by atoms with E-state index in [1.165, 1.54) is 0 Å². The summed E-state index contributed by atoms with van der Waals surface area (Å²) in [6.45, 7) is 0.439. The van der Waals surface area contributed by atoms with E-state index in [0.717, 1.165) is 12.0 Å². The van der Waals surface area contributed by atoms with E-state index in [-0.39, 0.29) is 5.91 Å². The van der Waals surface area contributed by atoms with Crippen molar-refractivity contribution in [1.82, 2.24) is 10.5 Å². The molecule has 136 valence electrons. The summed E-state index contributed by atoms with van der Waals surface area (Å²) >= 11 is 0. The number of anilines is 1. The molecule has 1 fully saturated rings. The summed E-state index contributed by atoms with van der Waals surface area (Å²) in [5.41, 5.74) is 3.31. The van der Waals surface area contributed by atoms with Gasteiger partial charge in [-0.2, -0.15) is 0 Å². The lowest BCUT2D eigenvalue weighted by molar-refractivity contribution is -0.137. The third-order valence-corrected chi connectivity index (χ3v) is 4.58. The molecule has 0 saturated heterocycles. The summed E-state index contributed by atoms with van der Waals surface area (Å²) < 4.78 is 5.69. The Balaban J connectivity index is 1.55. The fourth-order valence-corrected chi connectivity index (χ4v) is 3.19. The molecule has 1 aromatic carbocycles. The first-order chi connectivity index (χ1) is 12.7. The third kappa shape index (κ3) is 4.37. The Bertz CT molecular complexity index is 749. The predicted octanol–water partition coefficient (Wildman–Crippen LogP) is 2.52. The first kappa shape index (κ1) is 17.9. The number of hydrogen-bond acceptors (Lipinski definition) is 5. The van der Waals surface area contributed by atoms with Gasteiger partial charge < -0.3 is 10.1 Å². The van der Waals surface area contributed by atoms with Crippen LogP contribution in [0.15, 0.2) is 48.8 Å². The maximum absolute atomic E-state index is 12.4. The van der Waals surface area contributed by atoms with E-state index in [0.29, 0.717) is 30.9 Å². The second-order valence-corrected chi connectivity index (χ2v) is 6.28. The number of ether oxygens (including phenoxy) is 1. The molecule has 1 saturated carbocycles. The molecule has 7 nitrogen and oxygen atoms in total. The summed E-state index contributed by atoms with van der Waals surface area (Å²) in [7, 11) is 0. The Labute approximate surface area is 151 Å². The van der Waals surface area contributed by atoms with E-state index in [1.807, 2.05) is 12.1 Å². The van der Waals surface area contributed by atoms with Gasteiger partial charge >= 0.3 is 0 Å².